The Morgan fingerprint density at radius 3 is 2.87 bits per heavy atom. The fourth-order valence-corrected chi connectivity index (χ4v) is 1.13. The van der Waals surface area contributed by atoms with Crippen LogP contribution in [-0.4, -0.2) is 23.2 Å². The summed E-state index contributed by atoms with van der Waals surface area (Å²) in [5.41, 5.74) is -0.0709. The predicted molar refractivity (Wildman–Crippen MR) is 55.3 cm³/mol. The highest BCUT2D eigenvalue weighted by Gasteiger charge is 2.10. The number of nitro benzene ring substituents is 1. The minimum absolute atomic E-state index is 0.00649. The van der Waals surface area contributed by atoms with Gasteiger partial charge in [0, 0.05) is 19.1 Å². The van der Waals surface area contributed by atoms with E-state index in [-0.39, 0.29) is 24.7 Å². The van der Waals surface area contributed by atoms with Gasteiger partial charge in [-0.1, -0.05) is 11.6 Å². The zero-order valence-corrected chi connectivity index (χ0v) is 8.61. The van der Waals surface area contributed by atoms with Crippen LogP contribution < -0.4 is 4.74 Å². The maximum atomic E-state index is 10.5. The second kappa shape index (κ2) is 5.53. The van der Waals surface area contributed by atoms with E-state index in [0.29, 0.717) is 11.4 Å². The number of halogens is 1. The van der Waals surface area contributed by atoms with Crippen LogP contribution in [0.3, 0.4) is 0 Å². The number of non-ortho nitro benzene ring substituents is 1. The normalized spacial score (nSPS) is 10.0. The van der Waals surface area contributed by atoms with Gasteiger partial charge in [-0.3, -0.25) is 10.1 Å². The number of benzene rings is 1. The van der Waals surface area contributed by atoms with Crippen LogP contribution >= 0.6 is 11.6 Å². The lowest BCUT2D eigenvalue weighted by atomic mass is 10.3. The molecule has 15 heavy (non-hydrogen) atoms. The Bertz CT molecular complexity index is 356. The van der Waals surface area contributed by atoms with E-state index < -0.39 is 4.92 Å². The largest absolute Gasteiger partial charge is 0.492 e. The summed E-state index contributed by atoms with van der Waals surface area (Å²) in [6, 6.07) is 3.98. The third-order valence-electron chi connectivity index (χ3n) is 1.69. The summed E-state index contributed by atoms with van der Waals surface area (Å²) in [7, 11) is 0. The molecule has 0 spiro atoms. The Morgan fingerprint density at radius 1 is 1.53 bits per heavy atom. The summed E-state index contributed by atoms with van der Waals surface area (Å²) in [4.78, 5) is 9.94. The lowest BCUT2D eigenvalue weighted by Gasteiger charge is -2.06. The molecule has 0 aliphatic heterocycles. The molecule has 1 N–H and O–H groups in total. The van der Waals surface area contributed by atoms with E-state index in [1.54, 1.807) is 0 Å². The van der Waals surface area contributed by atoms with Crippen molar-refractivity contribution in [3.05, 3.63) is 33.3 Å². The average Bonchev–Trinajstić information content (AvgIpc) is 2.20. The van der Waals surface area contributed by atoms with Crippen molar-refractivity contribution in [3.8, 4) is 5.75 Å². The highest BCUT2D eigenvalue weighted by molar-refractivity contribution is 6.32. The summed E-state index contributed by atoms with van der Waals surface area (Å²) in [5.74, 6) is 0.263. The van der Waals surface area contributed by atoms with Gasteiger partial charge in [-0.25, -0.2) is 0 Å². The molecule has 0 atom stereocenters. The van der Waals surface area contributed by atoms with Crippen molar-refractivity contribution in [1.82, 2.24) is 0 Å². The number of aliphatic hydroxyl groups is 1. The van der Waals surface area contributed by atoms with Crippen LogP contribution in [0, 0.1) is 10.1 Å². The third kappa shape index (κ3) is 3.38. The van der Waals surface area contributed by atoms with E-state index in [4.69, 9.17) is 21.4 Å². The minimum atomic E-state index is -0.519. The van der Waals surface area contributed by atoms with Gasteiger partial charge in [0.05, 0.1) is 22.6 Å². The predicted octanol–water partition coefficient (Wildman–Crippen LogP) is 2.01. The van der Waals surface area contributed by atoms with E-state index in [9.17, 15) is 10.1 Å². The number of rotatable bonds is 5. The Kier molecular flexibility index (Phi) is 4.33. The molecule has 0 heterocycles. The number of hydrogen-bond donors (Lipinski definition) is 1. The van der Waals surface area contributed by atoms with Gasteiger partial charge < -0.3 is 9.84 Å². The Balaban J connectivity index is 2.76. The van der Waals surface area contributed by atoms with Crippen molar-refractivity contribution >= 4 is 17.3 Å². The summed E-state index contributed by atoms with van der Waals surface area (Å²) in [5, 5.41) is 19.3. The first kappa shape index (κ1) is 11.7. The number of ether oxygens (including phenoxy) is 1. The monoisotopic (exact) mass is 231 g/mol. The second-order valence-electron chi connectivity index (χ2n) is 2.80. The van der Waals surface area contributed by atoms with E-state index in [1.807, 2.05) is 0 Å². The van der Waals surface area contributed by atoms with Crippen LogP contribution in [0.15, 0.2) is 18.2 Å². The number of nitro groups is 1. The van der Waals surface area contributed by atoms with Crippen LogP contribution in [0.1, 0.15) is 6.42 Å². The molecule has 1 rings (SSSR count). The molecule has 0 aliphatic rings. The molecule has 0 unspecified atom stereocenters. The first-order valence-corrected chi connectivity index (χ1v) is 4.70. The van der Waals surface area contributed by atoms with Crippen molar-refractivity contribution in [1.29, 1.82) is 0 Å². The van der Waals surface area contributed by atoms with Crippen molar-refractivity contribution in [2.75, 3.05) is 13.2 Å². The first-order valence-electron chi connectivity index (χ1n) is 4.32. The van der Waals surface area contributed by atoms with Crippen molar-refractivity contribution in [2.24, 2.45) is 0 Å². The molecular weight excluding hydrogens is 222 g/mol. The van der Waals surface area contributed by atoms with Crippen LogP contribution in [0.2, 0.25) is 5.02 Å². The summed E-state index contributed by atoms with van der Waals surface area (Å²) in [6.45, 7) is 0.282. The van der Waals surface area contributed by atoms with Crippen molar-refractivity contribution in [2.45, 2.75) is 6.42 Å². The van der Waals surface area contributed by atoms with Gasteiger partial charge in [-0.05, 0) is 6.07 Å². The highest BCUT2D eigenvalue weighted by atomic mass is 35.5. The quantitative estimate of drug-likeness (QED) is 0.478. The maximum absolute atomic E-state index is 10.5. The number of aliphatic hydroxyl groups excluding tert-OH is 1. The molecule has 0 aliphatic carbocycles. The Morgan fingerprint density at radius 2 is 2.27 bits per heavy atom. The molecule has 0 saturated carbocycles. The minimum Gasteiger partial charge on any atom is -0.492 e. The van der Waals surface area contributed by atoms with Gasteiger partial charge in [-0.2, -0.15) is 0 Å². The lowest BCUT2D eigenvalue weighted by molar-refractivity contribution is -0.384. The zero-order chi connectivity index (χ0) is 11.3. The average molecular weight is 232 g/mol. The smallest absolute Gasteiger partial charge is 0.273 e. The lowest BCUT2D eigenvalue weighted by Crippen LogP contribution is -2.00. The summed E-state index contributed by atoms with van der Waals surface area (Å²) < 4.78 is 5.17. The molecule has 5 nitrogen and oxygen atoms in total. The van der Waals surface area contributed by atoms with Gasteiger partial charge in [0.1, 0.15) is 5.75 Å². The van der Waals surface area contributed by atoms with Gasteiger partial charge >= 0.3 is 0 Å². The molecule has 0 saturated heterocycles. The fraction of sp³-hybridized carbons (Fsp3) is 0.333. The second-order valence-corrected chi connectivity index (χ2v) is 3.20. The summed E-state index contributed by atoms with van der Waals surface area (Å²) in [6.07, 6.45) is 0.457. The Labute approximate surface area is 91.4 Å². The zero-order valence-electron chi connectivity index (χ0n) is 7.85. The van der Waals surface area contributed by atoms with Crippen LogP contribution in [-0.2, 0) is 0 Å². The molecule has 0 bridgehead atoms. The molecular formula is C9H10ClNO4. The molecule has 0 amide bonds. The Hall–Kier alpha value is -1.33. The van der Waals surface area contributed by atoms with Gasteiger partial charge in [0.25, 0.3) is 5.69 Å². The fourth-order valence-electron chi connectivity index (χ4n) is 0.963. The van der Waals surface area contributed by atoms with Crippen LogP contribution in [0.25, 0.3) is 0 Å². The van der Waals surface area contributed by atoms with Crippen molar-refractivity contribution in [3.63, 3.8) is 0 Å². The van der Waals surface area contributed by atoms with Gasteiger partial charge in [0.2, 0.25) is 0 Å². The molecule has 0 fully saturated rings. The van der Waals surface area contributed by atoms with Gasteiger partial charge in [0.15, 0.2) is 0 Å². The van der Waals surface area contributed by atoms with E-state index in [0.717, 1.165) is 0 Å². The van der Waals surface area contributed by atoms with E-state index in [1.165, 1.54) is 18.2 Å². The molecule has 6 heteroatoms. The topological polar surface area (TPSA) is 72.6 Å². The third-order valence-corrected chi connectivity index (χ3v) is 2.00. The molecule has 1 aromatic rings. The maximum Gasteiger partial charge on any atom is 0.273 e. The van der Waals surface area contributed by atoms with Crippen LogP contribution in [0.4, 0.5) is 5.69 Å². The highest BCUT2D eigenvalue weighted by Crippen LogP contribution is 2.28. The standard InChI is InChI=1S/C9H10ClNO4/c10-8-3-2-7(11(13)14)6-9(8)15-5-1-4-12/h2-3,6,12H,1,4-5H2. The molecule has 0 radical (unpaired) electrons. The molecule has 82 valence electrons. The molecule has 1 aromatic carbocycles. The van der Waals surface area contributed by atoms with Crippen molar-refractivity contribution < 1.29 is 14.8 Å². The first-order chi connectivity index (χ1) is 7.15. The van der Waals surface area contributed by atoms with Crippen LogP contribution in [0.5, 0.6) is 5.75 Å². The summed E-state index contributed by atoms with van der Waals surface area (Å²) >= 11 is 5.77. The number of nitrogens with zero attached hydrogens (tertiary/aromatic N) is 1. The number of hydrogen-bond acceptors (Lipinski definition) is 4. The SMILES string of the molecule is O=[N+]([O-])c1ccc(Cl)c(OCCCO)c1. The van der Waals surface area contributed by atoms with E-state index in [2.05, 4.69) is 0 Å². The van der Waals surface area contributed by atoms with E-state index >= 15 is 0 Å². The molecule has 0 aromatic heterocycles. The van der Waals surface area contributed by atoms with Gasteiger partial charge in [-0.15, -0.1) is 0 Å².